The lowest BCUT2D eigenvalue weighted by atomic mass is 10.1. The summed E-state index contributed by atoms with van der Waals surface area (Å²) in [5.41, 5.74) is 0. The van der Waals surface area contributed by atoms with Crippen LogP contribution in [0.25, 0.3) is 0 Å². The van der Waals surface area contributed by atoms with Crippen LogP contribution in [0.2, 0.25) is 0 Å². The molecule has 1 aliphatic rings. The summed E-state index contributed by atoms with van der Waals surface area (Å²) in [5, 5.41) is 6.75. The van der Waals surface area contributed by atoms with Gasteiger partial charge in [-0.05, 0) is 25.5 Å². The average Bonchev–Trinajstić information content (AvgIpc) is 2.17. The van der Waals surface area contributed by atoms with Crippen molar-refractivity contribution in [2.24, 2.45) is 0 Å². The minimum absolute atomic E-state index is 0.107. The predicted octanol–water partition coefficient (Wildman–Crippen LogP) is 0.996. The molecule has 1 saturated heterocycles. The summed E-state index contributed by atoms with van der Waals surface area (Å²) in [6.45, 7) is 5.36. The summed E-state index contributed by atoms with van der Waals surface area (Å²) in [6, 6.07) is 0.511. The summed E-state index contributed by atoms with van der Waals surface area (Å²) in [6.07, 6.45) is 2.47. The number of hydrogen-bond acceptors (Lipinski definition) is 3. The van der Waals surface area contributed by atoms with Crippen molar-refractivity contribution in [3.05, 3.63) is 0 Å². The third-order valence-electron chi connectivity index (χ3n) is 2.51. The van der Waals surface area contributed by atoms with E-state index in [1.165, 1.54) is 18.6 Å². The highest BCUT2D eigenvalue weighted by Crippen LogP contribution is 2.24. The van der Waals surface area contributed by atoms with Crippen LogP contribution in [0.15, 0.2) is 0 Å². The Kier molecular flexibility index (Phi) is 5.33. The molecule has 82 valence electrons. The smallest absolute Gasteiger partial charge is 0.233 e. The molecule has 4 heteroatoms. The van der Waals surface area contributed by atoms with Gasteiger partial charge in [-0.25, -0.2) is 0 Å². The fourth-order valence-corrected chi connectivity index (χ4v) is 2.84. The lowest BCUT2D eigenvalue weighted by molar-refractivity contribution is -0.120. The SMILES string of the molecule is CCNC(=O)CNC1CCCSC1C. The first-order valence-electron chi connectivity index (χ1n) is 5.35. The maximum Gasteiger partial charge on any atom is 0.233 e. The molecule has 0 aromatic carbocycles. The molecule has 3 nitrogen and oxygen atoms in total. The van der Waals surface area contributed by atoms with E-state index in [0.29, 0.717) is 17.8 Å². The minimum Gasteiger partial charge on any atom is -0.355 e. The molecule has 0 aliphatic carbocycles. The van der Waals surface area contributed by atoms with E-state index in [1.54, 1.807) is 0 Å². The molecular formula is C10H20N2OS. The predicted molar refractivity (Wildman–Crippen MR) is 61.6 cm³/mol. The molecule has 1 rings (SSSR count). The zero-order chi connectivity index (χ0) is 10.4. The number of thioether (sulfide) groups is 1. The van der Waals surface area contributed by atoms with Crippen molar-refractivity contribution in [2.75, 3.05) is 18.8 Å². The largest absolute Gasteiger partial charge is 0.355 e. The van der Waals surface area contributed by atoms with Crippen LogP contribution in [0.3, 0.4) is 0 Å². The van der Waals surface area contributed by atoms with E-state index in [2.05, 4.69) is 17.6 Å². The second kappa shape index (κ2) is 6.30. The van der Waals surface area contributed by atoms with E-state index < -0.39 is 0 Å². The van der Waals surface area contributed by atoms with Gasteiger partial charge in [-0.1, -0.05) is 6.92 Å². The fourth-order valence-electron chi connectivity index (χ4n) is 1.67. The molecule has 1 heterocycles. The van der Waals surface area contributed by atoms with Crippen LogP contribution in [-0.4, -0.2) is 36.0 Å². The van der Waals surface area contributed by atoms with E-state index in [4.69, 9.17) is 0 Å². The van der Waals surface area contributed by atoms with Crippen LogP contribution >= 0.6 is 11.8 Å². The van der Waals surface area contributed by atoms with Crippen LogP contribution in [0.1, 0.15) is 26.7 Å². The van der Waals surface area contributed by atoms with Crippen molar-refractivity contribution in [3.63, 3.8) is 0 Å². The molecule has 0 aromatic heterocycles. The van der Waals surface area contributed by atoms with Crippen molar-refractivity contribution in [3.8, 4) is 0 Å². The van der Waals surface area contributed by atoms with Crippen LogP contribution < -0.4 is 10.6 Å². The Morgan fingerprint density at radius 3 is 3.00 bits per heavy atom. The number of carbonyl (C=O) groups is 1. The summed E-state index contributed by atoms with van der Waals surface area (Å²) >= 11 is 2.00. The summed E-state index contributed by atoms with van der Waals surface area (Å²) in [5.74, 6) is 1.37. The van der Waals surface area contributed by atoms with E-state index in [0.717, 1.165) is 6.54 Å². The molecule has 0 saturated carbocycles. The fraction of sp³-hybridized carbons (Fsp3) is 0.900. The molecule has 1 fully saturated rings. The van der Waals surface area contributed by atoms with Gasteiger partial charge in [0.15, 0.2) is 0 Å². The second-order valence-corrected chi connectivity index (χ2v) is 5.14. The topological polar surface area (TPSA) is 41.1 Å². The Hall–Kier alpha value is -0.220. The van der Waals surface area contributed by atoms with Crippen molar-refractivity contribution < 1.29 is 4.79 Å². The zero-order valence-electron chi connectivity index (χ0n) is 9.01. The van der Waals surface area contributed by atoms with Gasteiger partial charge < -0.3 is 10.6 Å². The molecule has 0 radical (unpaired) electrons. The van der Waals surface area contributed by atoms with Gasteiger partial charge in [0.2, 0.25) is 5.91 Å². The molecule has 0 spiro atoms. The molecule has 1 aliphatic heterocycles. The number of carbonyl (C=O) groups excluding carboxylic acids is 1. The molecule has 2 unspecified atom stereocenters. The van der Waals surface area contributed by atoms with Crippen molar-refractivity contribution >= 4 is 17.7 Å². The van der Waals surface area contributed by atoms with Crippen molar-refractivity contribution in [1.29, 1.82) is 0 Å². The molecule has 0 bridgehead atoms. The molecule has 14 heavy (non-hydrogen) atoms. The number of nitrogens with one attached hydrogen (secondary N) is 2. The van der Waals surface area contributed by atoms with Crippen LogP contribution in [-0.2, 0) is 4.79 Å². The van der Waals surface area contributed by atoms with Crippen molar-refractivity contribution in [1.82, 2.24) is 10.6 Å². The maximum absolute atomic E-state index is 11.2. The van der Waals surface area contributed by atoms with Gasteiger partial charge in [0.25, 0.3) is 0 Å². The van der Waals surface area contributed by atoms with E-state index in [-0.39, 0.29) is 5.91 Å². The lowest BCUT2D eigenvalue weighted by Crippen LogP contribution is -2.44. The highest BCUT2D eigenvalue weighted by atomic mass is 32.2. The molecule has 2 N–H and O–H groups in total. The molecule has 2 atom stereocenters. The average molecular weight is 216 g/mol. The van der Waals surface area contributed by atoms with E-state index >= 15 is 0 Å². The van der Waals surface area contributed by atoms with Gasteiger partial charge in [0.1, 0.15) is 0 Å². The maximum atomic E-state index is 11.2. The number of amides is 1. The summed E-state index contributed by atoms with van der Waals surface area (Å²) in [4.78, 5) is 11.2. The Bertz CT molecular complexity index is 187. The molecular weight excluding hydrogens is 196 g/mol. The normalized spacial score (nSPS) is 27.3. The van der Waals surface area contributed by atoms with Gasteiger partial charge in [0, 0.05) is 17.8 Å². The standard InChI is InChI=1S/C10H20N2OS/c1-3-11-10(13)7-12-9-5-4-6-14-8(9)2/h8-9,12H,3-7H2,1-2H3,(H,11,13). The third-order valence-corrected chi connectivity index (χ3v) is 3.88. The van der Waals surface area contributed by atoms with Crippen molar-refractivity contribution in [2.45, 2.75) is 38.0 Å². The van der Waals surface area contributed by atoms with Gasteiger partial charge in [-0.15, -0.1) is 0 Å². The Morgan fingerprint density at radius 1 is 1.57 bits per heavy atom. The Morgan fingerprint density at radius 2 is 2.36 bits per heavy atom. The molecule has 1 amide bonds. The minimum atomic E-state index is 0.107. The first kappa shape index (κ1) is 11.9. The highest BCUT2D eigenvalue weighted by molar-refractivity contribution is 7.99. The number of rotatable bonds is 4. The Balaban J connectivity index is 2.19. The van der Waals surface area contributed by atoms with Crippen LogP contribution in [0.4, 0.5) is 0 Å². The van der Waals surface area contributed by atoms with Crippen LogP contribution in [0, 0.1) is 0 Å². The summed E-state index contributed by atoms with van der Waals surface area (Å²) < 4.78 is 0. The number of likely N-dealkylation sites (N-methyl/N-ethyl adjacent to an activating group) is 1. The first-order chi connectivity index (χ1) is 6.74. The number of hydrogen-bond donors (Lipinski definition) is 2. The lowest BCUT2D eigenvalue weighted by Gasteiger charge is -2.28. The van der Waals surface area contributed by atoms with Gasteiger partial charge in [-0.3, -0.25) is 4.79 Å². The second-order valence-electron chi connectivity index (χ2n) is 3.66. The van der Waals surface area contributed by atoms with Gasteiger partial charge in [-0.2, -0.15) is 11.8 Å². The quantitative estimate of drug-likeness (QED) is 0.736. The van der Waals surface area contributed by atoms with Crippen LogP contribution in [0.5, 0.6) is 0 Å². The van der Waals surface area contributed by atoms with Gasteiger partial charge in [0.05, 0.1) is 6.54 Å². The molecule has 0 aromatic rings. The first-order valence-corrected chi connectivity index (χ1v) is 6.40. The summed E-state index contributed by atoms with van der Waals surface area (Å²) in [7, 11) is 0. The monoisotopic (exact) mass is 216 g/mol. The van der Waals surface area contributed by atoms with E-state index in [9.17, 15) is 4.79 Å². The van der Waals surface area contributed by atoms with E-state index in [1.807, 2.05) is 18.7 Å². The highest BCUT2D eigenvalue weighted by Gasteiger charge is 2.21. The zero-order valence-corrected chi connectivity index (χ0v) is 9.82. The Labute approximate surface area is 90.4 Å². The third kappa shape index (κ3) is 3.88. The van der Waals surface area contributed by atoms with Gasteiger partial charge >= 0.3 is 0 Å².